The van der Waals surface area contributed by atoms with E-state index in [-0.39, 0.29) is 18.2 Å². The van der Waals surface area contributed by atoms with E-state index in [0.29, 0.717) is 26.1 Å². The average Bonchev–Trinajstić information content (AvgIpc) is 2.86. The maximum atomic E-state index is 13.4. The van der Waals surface area contributed by atoms with Crippen LogP contribution in [0.5, 0.6) is 5.75 Å². The summed E-state index contributed by atoms with van der Waals surface area (Å²) in [4.78, 5) is 34.5. The fourth-order valence-electron chi connectivity index (χ4n) is 4.38. The van der Waals surface area contributed by atoms with Crippen LogP contribution in [-0.2, 0) is 22.4 Å². The first-order valence-corrected chi connectivity index (χ1v) is 11.3. The molecule has 1 fully saturated rings. The molecule has 3 aromatic rings. The molecule has 1 aliphatic rings. The highest BCUT2D eigenvalue weighted by Crippen LogP contribution is 2.27. The van der Waals surface area contributed by atoms with E-state index in [9.17, 15) is 9.59 Å². The van der Waals surface area contributed by atoms with Crippen LogP contribution in [0.15, 0.2) is 73.1 Å². The number of rotatable bonds is 7. The second kappa shape index (κ2) is 10.3. The summed E-state index contributed by atoms with van der Waals surface area (Å²) in [5.41, 5.74) is 3.97. The van der Waals surface area contributed by atoms with Crippen molar-refractivity contribution in [3.05, 3.63) is 84.2 Å². The molecule has 0 aliphatic carbocycles. The number of amides is 2. The van der Waals surface area contributed by atoms with Crippen molar-refractivity contribution in [1.82, 2.24) is 14.8 Å². The number of aromatic nitrogens is 1. The van der Waals surface area contributed by atoms with Gasteiger partial charge in [-0.15, -0.1) is 0 Å². The van der Waals surface area contributed by atoms with E-state index >= 15 is 0 Å². The summed E-state index contributed by atoms with van der Waals surface area (Å²) in [5.74, 6) is 0.726. The first-order valence-electron chi connectivity index (χ1n) is 11.3. The lowest BCUT2D eigenvalue weighted by molar-refractivity contribution is -0.150. The van der Waals surface area contributed by atoms with Gasteiger partial charge in [-0.25, -0.2) is 0 Å². The third-order valence-electron chi connectivity index (χ3n) is 6.20. The lowest BCUT2D eigenvalue weighted by atomic mass is 9.93. The van der Waals surface area contributed by atoms with E-state index in [1.54, 1.807) is 18.2 Å². The molecule has 1 saturated heterocycles. The van der Waals surface area contributed by atoms with Crippen molar-refractivity contribution in [3.63, 3.8) is 0 Å². The summed E-state index contributed by atoms with van der Waals surface area (Å²) in [6, 6.07) is 18.9. The van der Waals surface area contributed by atoms with E-state index in [2.05, 4.69) is 4.98 Å². The summed E-state index contributed by atoms with van der Waals surface area (Å²) >= 11 is 0. The minimum absolute atomic E-state index is 0.00724. The van der Waals surface area contributed by atoms with Gasteiger partial charge < -0.3 is 14.5 Å². The summed E-state index contributed by atoms with van der Waals surface area (Å²) in [6.07, 6.45) is 4.29. The summed E-state index contributed by atoms with van der Waals surface area (Å²) < 4.78 is 5.21. The molecule has 0 bridgehead atoms. The monoisotopic (exact) mass is 443 g/mol. The average molecular weight is 444 g/mol. The fraction of sp³-hybridized carbons (Fsp3) is 0.296. The van der Waals surface area contributed by atoms with Crippen molar-refractivity contribution in [1.29, 1.82) is 0 Å². The molecule has 0 saturated carbocycles. The van der Waals surface area contributed by atoms with E-state index in [1.807, 2.05) is 78.7 Å². The Morgan fingerprint density at radius 1 is 1.06 bits per heavy atom. The van der Waals surface area contributed by atoms with Crippen LogP contribution in [0.1, 0.15) is 18.1 Å². The number of hydrogen-bond donors (Lipinski definition) is 0. The van der Waals surface area contributed by atoms with Gasteiger partial charge in [0, 0.05) is 44.0 Å². The van der Waals surface area contributed by atoms with Crippen molar-refractivity contribution >= 4 is 11.8 Å². The van der Waals surface area contributed by atoms with Crippen LogP contribution in [0.2, 0.25) is 0 Å². The third-order valence-corrected chi connectivity index (χ3v) is 6.20. The Hall–Kier alpha value is -3.67. The van der Waals surface area contributed by atoms with Gasteiger partial charge in [-0.05, 0) is 41.8 Å². The fourth-order valence-corrected chi connectivity index (χ4v) is 4.38. The molecule has 4 rings (SSSR count). The van der Waals surface area contributed by atoms with Crippen LogP contribution in [-0.4, -0.2) is 59.4 Å². The van der Waals surface area contributed by atoms with Crippen LogP contribution < -0.4 is 4.74 Å². The second-order valence-electron chi connectivity index (χ2n) is 8.15. The standard InChI is InChI=1S/C27H29N3O3/c1-3-29-15-16-30(26(31)17-20-10-12-23(33-2)13-11-20)25(27(29)32)18-21-7-4-5-9-24(21)22-8-6-14-28-19-22/h4-14,19,25H,3,15-18H2,1-2H3/t25-/m0/s1. The first-order chi connectivity index (χ1) is 16.1. The normalized spacial score (nSPS) is 16.1. The molecule has 6 heteroatoms. The predicted octanol–water partition coefficient (Wildman–Crippen LogP) is 3.60. The van der Waals surface area contributed by atoms with Crippen LogP contribution in [0.4, 0.5) is 0 Å². The molecular weight excluding hydrogens is 414 g/mol. The van der Waals surface area contributed by atoms with E-state index in [4.69, 9.17) is 4.74 Å². The maximum absolute atomic E-state index is 13.4. The number of carbonyl (C=O) groups is 2. The minimum Gasteiger partial charge on any atom is -0.497 e. The predicted molar refractivity (Wildman–Crippen MR) is 128 cm³/mol. The van der Waals surface area contributed by atoms with Gasteiger partial charge in [-0.1, -0.05) is 42.5 Å². The Bertz CT molecular complexity index is 1100. The highest BCUT2D eigenvalue weighted by Gasteiger charge is 2.37. The summed E-state index contributed by atoms with van der Waals surface area (Å²) in [5, 5.41) is 0. The molecule has 170 valence electrons. The number of piperazine rings is 1. The summed E-state index contributed by atoms with van der Waals surface area (Å²) in [7, 11) is 1.62. The molecule has 0 spiro atoms. The van der Waals surface area contributed by atoms with Gasteiger partial charge in [-0.3, -0.25) is 14.6 Å². The van der Waals surface area contributed by atoms with E-state index in [0.717, 1.165) is 28.0 Å². The molecule has 2 aromatic carbocycles. The third kappa shape index (κ3) is 5.06. The molecule has 1 aromatic heterocycles. The zero-order valence-corrected chi connectivity index (χ0v) is 19.1. The number of nitrogens with zero attached hydrogens (tertiary/aromatic N) is 3. The Balaban J connectivity index is 1.60. The molecule has 0 N–H and O–H groups in total. The van der Waals surface area contributed by atoms with Crippen LogP contribution in [0.25, 0.3) is 11.1 Å². The Morgan fingerprint density at radius 3 is 2.55 bits per heavy atom. The Kier molecular flexibility index (Phi) is 7.03. The van der Waals surface area contributed by atoms with Gasteiger partial charge in [0.15, 0.2) is 0 Å². The van der Waals surface area contributed by atoms with E-state index in [1.165, 1.54) is 0 Å². The molecule has 1 atom stereocenters. The zero-order chi connectivity index (χ0) is 23.2. The molecule has 0 radical (unpaired) electrons. The van der Waals surface area contributed by atoms with Crippen molar-refractivity contribution in [2.24, 2.45) is 0 Å². The van der Waals surface area contributed by atoms with Crippen LogP contribution in [0.3, 0.4) is 0 Å². The highest BCUT2D eigenvalue weighted by atomic mass is 16.5. The van der Waals surface area contributed by atoms with Crippen LogP contribution in [0, 0.1) is 0 Å². The lowest BCUT2D eigenvalue weighted by Crippen LogP contribution is -2.59. The number of benzene rings is 2. The lowest BCUT2D eigenvalue weighted by Gasteiger charge is -2.40. The number of pyridine rings is 1. The topological polar surface area (TPSA) is 62.7 Å². The molecule has 6 nitrogen and oxygen atoms in total. The maximum Gasteiger partial charge on any atom is 0.245 e. The second-order valence-corrected chi connectivity index (χ2v) is 8.15. The largest absolute Gasteiger partial charge is 0.497 e. The SMILES string of the molecule is CCN1CCN(C(=O)Cc2ccc(OC)cc2)[C@@H](Cc2ccccc2-c2cccnc2)C1=O. The highest BCUT2D eigenvalue weighted by molar-refractivity contribution is 5.90. The van der Waals surface area contributed by atoms with Crippen molar-refractivity contribution < 1.29 is 14.3 Å². The minimum atomic E-state index is -0.526. The van der Waals surface area contributed by atoms with E-state index < -0.39 is 6.04 Å². The number of carbonyl (C=O) groups excluding carboxylic acids is 2. The van der Waals surface area contributed by atoms with Crippen molar-refractivity contribution in [3.8, 4) is 16.9 Å². The van der Waals surface area contributed by atoms with Crippen molar-refractivity contribution in [2.45, 2.75) is 25.8 Å². The van der Waals surface area contributed by atoms with Gasteiger partial charge in [0.05, 0.1) is 13.5 Å². The van der Waals surface area contributed by atoms with Gasteiger partial charge in [0.2, 0.25) is 11.8 Å². The molecule has 0 unspecified atom stereocenters. The summed E-state index contributed by atoms with van der Waals surface area (Å²) in [6.45, 7) is 3.71. The number of methoxy groups -OCH3 is 1. The van der Waals surface area contributed by atoms with Crippen molar-refractivity contribution in [2.75, 3.05) is 26.7 Å². The smallest absolute Gasteiger partial charge is 0.245 e. The quantitative estimate of drug-likeness (QED) is 0.560. The molecule has 33 heavy (non-hydrogen) atoms. The molecule has 2 heterocycles. The zero-order valence-electron chi connectivity index (χ0n) is 19.1. The van der Waals surface area contributed by atoms with Gasteiger partial charge in [0.25, 0.3) is 0 Å². The molecule has 2 amide bonds. The van der Waals surface area contributed by atoms with Crippen LogP contribution >= 0.6 is 0 Å². The number of ether oxygens (including phenoxy) is 1. The van der Waals surface area contributed by atoms with Gasteiger partial charge >= 0.3 is 0 Å². The first kappa shape index (κ1) is 22.5. The number of hydrogen-bond acceptors (Lipinski definition) is 4. The Labute approximate surface area is 194 Å². The van der Waals surface area contributed by atoms with Gasteiger partial charge in [-0.2, -0.15) is 0 Å². The Morgan fingerprint density at radius 2 is 1.85 bits per heavy atom. The molecular formula is C27H29N3O3. The van der Waals surface area contributed by atoms with Gasteiger partial charge in [0.1, 0.15) is 11.8 Å². The number of likely N-dealkylation sites (N-methyl/N-ethyl adjacent to an activating group) is 1. The molecule has 1 aliphatic heterocycles.